The van der Waals surface area contributed by atoms with Crippen molar-refractivity contribution in [1.29, 1.82) is 0 Å². The van der Waals surface area contributed by atoms with Crippen molar-refractivity contribution in [2.24, 2.45) is 23.7 Å². The molecule has 0 radical (unpaired) electrons. The Morgan fingerprint density at radius 2 is 0.982 bits per heavy atom. The van der Waals surface area contributed by atoms with Crippen molar-refractivity contribution < 1.29 is 40.5 Å². The number of ether oxygens (including phenoxy) is 2. The lowest BCUT2D eigenvalue weighted by molar-refractivity contribution is -0.170. The number of carbonyl (C=O) groups excluding carboxylic acids is 2. The van der Waals surface area contributed by atoms with Crippen molar-refractivity contribution >= 4 is 42.8 Å². The van der Waals surface area contributed by atoms with Gasteiger partial charge < -0.3 is 14.0 Å². The maximum atomic E-state index is 13.1. The van der Waals surface area contributed by atoms with Crippen LogP contribution >= 0.6 is 0 Å². The van der Waals surface area contributed by atoms with Gasteiger partial charge in [0.1, 0.15) is 12.2 Å². The third-order valence-electron chi connectivity index (χ3n) is 12.9. The summed E-state index contributed by atoms with van der Waals surface area (Å²) < 4.78 is 72.7. The molecular weight excluding hydrogens is 781 g/mol. The quantitative estimate of drug-likeness (QED) is 0.111. The third-order valence-corrected chi connectivity index (χ3v) is 18.7. The van der Waals surface area contributed by atoms with Crippen LogP contribution in [0.2, 0.25) is 0 Å². The molecule has 5 aliphatic carbocycles. The number of sulfone groups is 1. The van der Waals surface area contributed by atoms with E-state index in [0.29, 0.717) is 11.3 Å². The molecule has 3 aromatic rings. The number of esters is 2. The Labute approximate surface area is 341 Å². The Hall–Kier alpha value is -3.19. The molecule has 0 spiro atoms. The van der Waals surface area contributed by atoms with Gasteiger partial charge in [-0.2, -0.15) is 0 Å². The number of fused-ring (bicyclic) bond motifs is 2. The second kappa shape index (κ2) is 18.8. The van der Waals surface area contributed by atoms with Crippen molar-refractivity contribution in [3.8, 4) is 0 Å². The van der Waals surface area contributed by atoms with E-state index in [4.69, 9.17) is 9.47 Å². The molecule has 12 heteroatoms. The van der Waals surface area contributed by atoms with E-state index in [1.54, 1.807) is 0 Å². The molecule has 57 heavy (non-hydrogen) atoms. The standard InChI is InChI=1S/C24H25O2S2.C21H32O7S/c25-28(26,23-14-8-3-9-15-23)24-18-16-22(17-19-24)27(20-10-4-1-5-11-20)21-12-6-2-7-13-21;22-20(27-14-7-3-1-4-8-14)18-13-11-16(17(12-13)29(24,25)26)19(18)21(23)28-15-9-5-2-6-10-15/h1-2,4-7,10-13,16-19,23H,3,8-9,14-15H2;13-19H,1-12H2,(H,24,25,26)/q+1;/p-1. The average molecular weight is 837 g/mol. The maximum absolute atomic E-state index is 13.1. The molecule has 2 bridgehead atoms. The summed E-state index contributed by atoms with van der Waals surface area (Å²) in [4.78, 5) is 30.1. The molecule has 0 aromatic heterocycles. The molecule has 9 nitrogen and oxygen atoms in total. The first-order valence-corrected chi connectivity index (χ1v) is 25.3. The van der Waals surface area contributed by atoms with Crippen molar-refractivity contribution in [1.82, 2.24) is 0 Å². The van der Waals surface area contributed by atoms with Gasteiger partial charge in [0.2, 0.25) is 0 Å². The summed E-state index contributed by atoms with van der Waals surface area (Å²) in [5.41, 5.74) is 0. The summed E-state index contributed by atoms with van der Waals surface area (Å²) in [5, 5.41) is -1.32. The van der Waals surface area contributed by atoms with E-state index in [1.807, 2.05) is 36.4 Å². The Kier molecular flexibility index (Phi) is 13.8. The van der Waals surface area contributed by atoms with Crippen LogP contribution < -0.4 is 0 Å². The molecule has 5 aliphatic rings. The highest BCUT2D eigenvalue weighted by Gasteiger charge is 2.61. The van der Waals surface area contributed by atoms with Crippen LogP contribution in [0.5, 0.6) is 0 Å². The maximum Gasteiger partial charge on any atom is 0.310 e. The van der Waals surface area contributed by atoms with Gasteiger partial charge >= 0.3 is 11.9 Å². The second-order valence-corrected chi connectivity index (χ2v) is 22.4. The third kappa shape index (κ3) is 9.99. The molecule has 5 saturated carbocycles. The van der Waals surface area contributed by atoms with E-state index in [0.717, 1.165) is 101 Å². The molecule has 5 atom stereocenters. The summed E-state index contributed by atoms with van der Waals surface area (Å²) in [5.74, 6) is -3.41. The number of hydrogen-bond donors (Lipinski definition) is 0. The van der Waals surface area contributed by atoms with Gasteiger partial charge in [-0.15, -0.1) is 0 Å². The van der Waals surface area contributed by atoms with E-state index in [1.165, 1.54) is 9.79 Å². The molecule has 0 aliphatic heterocycles. The van der Waals surface area contributed by atoms with Crippen LogP contribution in [0.1, 0.15) is 109 Å². The zero-order chi connectivity index (χ0) is 40.0. The van der Waals surface area contributed by atoms with E-state index in [2.05, 4.69) is 48.5 Å². The first-order valence-electron chi connectivity index (χ1n) is 21.0. The first-order chi connectivity index (χ1) is 27.5. The fraction of sp³-hybridized carbons (Fsp3) is 0.556. The summed E-state index contributed by atoms with van der Waals surface area (Å²) >= 11 is 0. The van der Waals surface area contributed by atoms with E-state index in [9.17, 15) is 31.0 Å². The SMILES string of the molecule is O=C(OC1CCCCC1)C1C2CC(C1C(=O)OC1CCCCC1)C(S(=O)(=O)[O-])C2.O=S(=O)(c1ccc([S+](c2ccccc2)c2ccccc2)cc1)C1CCCCC1. The van der Waals surface area contributed by atoms with E-state index in [-0.39, 0.29) is 40.7 Å². The highest BCUT2D eigenvalue weighted by atomic mass is 32.2. The zero-order valence-electron chi connectivity index (χ0n) is 32.6. The minimum atomic E-state index is -4.52. The van der Waals surface area contributed by atoms with Crippen LogP contribution in [0.3, 0.4) is 0 Å². The van der Waals surface area contributed by atoms with Crippen LogP contribution in [-0.4, -0.2) is 56.0 Å². The monoisotopic (exact) mass is 836 g/mol. The molecule has 0 saturated heterocycles. The lowest BCUT2D eigenvalue weighted by Gasteiger charge is -2.36. The van der Waals surface area contributed by atoms with E-state index < -0.39 is 54.9 Å². The largest absolute Gasteiger partial charge is 0.748 e. The summed E-state index contributed by atoms with van der Waals surface area (Å²) in [6.07, 6.45) is 14.6. The van der Waals surface area contributed by atoms with Gasteiger partial charge in [0, 0.05) is 0 Å². The molecule has 5 unspecified atom stereocenters. The summed E-state index contributed by atoms with van der Waals surface area (Å²) in [7, 11) is -8.00. The second-order valence-electron chi connectivity index (χ2n) is 16.6. The zero-order valence-corrected chi connectivity index (χ0v) is 35.1. The van der Waals surface area contributed by atoms with Crippen LogP contribution in [0.25, 0.3) is 0 Å². The molecule has 0 amide bonds. The Morgan fingerprint density at radius 3 is 1.46 bits per heavy atom. The van der Waals surface area contributed by atoms with Crippen molar-refractivity contribution in [3.63, 3.8) is 0 Å². The molecule has 8 rings (SSSR count). The van der Waals surface area contributed by atoms with Crippen LogP contribution in [0.15, 0.2) is 105 Å². The lowest BCUT2D eigenvalue weighted by atomic mass is 9.78. The predicted octanol–water partition coefficient (Wildman–Crippen LogP) is 8.81. The minimum absolute atomic E-state index is 0.121. The topological polar surface area (TPSA) is 144 Å². The summed E-state index contributed by atoms with van der Waals surface area (Å²) in [6.45, 7) is 0. The van der Waals surface area contributed by atoms with Crippen molar-refractivity contribution in [3.05, 3.63) is 84.9 Å². The predicted molar refractivity (Wildman–Crippen MR) is 218 cm³/mol. The molecule has 5 fully saturated rings. The highest BCUT2D eigenvalue weighted by Crippen LogP contribution is 2.55. The molecule has 308 valence electrons. The van der Waals surface area contributed by atoms with Gasteiger partial charge in [-0.1, -0.05) is 68.5 Å². The number of hydrogen-bond acceptors (Lipinski definition) is 9. The van der Waals surface area contributed by atoms with Gasteiger partial charge in [-0.25, -0.2) is 16.8 Å². The van der Waals surface area contributed by atoms with Gasteiger partial charge in [-0.05, 0) is 137 Å². The number of carbonyl (C=O) groups is 2. The Bertz CT molecular complexity index is 1960. The van der Waals surface area contributed by atoms with Crippen LogP contribution in [-0.2, 0) is 49.9 Å². The van der Waals surface area contributed by atoms with E-state index >= 15 is 0 Å². The number of rotatable bonds is 10. The minimum Gasteiger partial charge on any atom is -0.748 e. The summed E-state index contributed by atoms with van der Waals surface area (Å²) in [6, 6.07) is 28.5. The van der Waals surface area contributed by atoms with Crippen molar-refractivity contribution in [2.75, 3.05) is 0 Å². The smallest absolute Gasteiger partial charge is 0.310 e. The molecule has 0 heterocycles. The fourth-order valence-corrected chi connectivity index (χ4v) is 15.1. The van der Waals surface area contributed by atoms with Crippen LogP contribution in [0, 0.1) is 23.7 Å². The molecular formula is C45H56O9S3. The van der Waals surface area contributed by atoms with Crippen LogP contribution in [0.4, 0.5) is 0 Å². The fourth-order valence-electron chi connectivity index (χ4n) is 10.0. The van der Waals surface area contributed by atoms with Gasteiger partial charge in [0.05, 0.1) is 48.2 Å². The van der Waals surface area contributed by atoms with Gasteiger partial charge in [-0.3, -0.25) is 9.59 Å². The highest BCUT2D eigenvalue weighted by molar-refractivity contribution is 7.97. The lowest BCUT2D eigenvalue weighted by Crippen LogP contribution is -2.45. The van der Waals surface area contributed by atoms with Gasteiger partial charge in [0.15, 0.2) is 24.5 Å². The van der Waals surface area contributed by atoms with Crippen molar-refractivity contribution in [2.45, 2.75) is 151 Å². The first kappa shape index (κ1) is 42.0. The molecule has 0 N–H and O–H groups in total. The van der Waals surface area contributed by atoms with Gasteiger partial charge in [0.25, 0.3) is 0 Å². The number of benzene rings is 3. The Morgan fingerprint density at radius 1 is 0.544 bits per heavy atom. The average Bonchev–Trinajstić information content (AvgIpc) is 3.84. The normalized spacial score (nSPS) is 26.0. The molecule has 3 aromatic carbocycles. The Balaban J connectivity index is 0.000000174.